The van der Waals surface area contributed by atoms with Crippen LogP contribution in [0.1, 0.15) is 213 Å². The molecule has 1 aliphatic rings. The molecule has 1 aromatic heterocycles. The van der Waals surface area contributed by atoms with Crippen molar-refractivity contribution in [2.24, 2.45) is 5.92 Å². The molecule has 420 valence electrons. The van der Waals surface area contributed by atoms with Crippen molar-refractivity contribution in [1.82, 2.24) is 9.55 Å². The van der Waals surface area contributed by atoms with Crippen molar-refractivity contribution < 1.29 is 71.1 Å². The predicted octanol–water partition coefficient (Wildman–Crippen LogP) is 10.8. The summed E-state index contributed by atoms with van der Waals surface area (Å²) < 4.78 is 56.8. The van der Waals surface area contributed by atoms with E-state index >= 15 is 0 Å². The lowest BCUT2D eigenvalue weighted by Crippen LogP contribution is -2.36. The van der Waals surface area contributed by atoms with Crippen molar-refractivity contribution in [3.8, 4) is 0 Å². The molecule has 0 radical (unpaired) electrons. The Labute approximate surface area is 434 Å². The first kappa shape index (κ1) is 66.0. The van der Waals surface area contributed by atoms with Crippen LogP contribution in [-0.4, -0.2) is 91.5 Å². The van der Waals surface area contributed by atoms with Crippen molar-refractivity contribution in [2.45, 2.75) is 238 Å². The fourth-order valence-corrected chi connectivity index (χ4v) is 10.3. The highest BCUT2D eigenvalue weighted by Gasteiger charge is 2.46. The van der Waals surface area contributed by atoms with E-state index in [1.165, 1.54) is 83.1 Å². The van der Waals surface area contributed by atoms with Crippen LogP contribution in [0.5, 0.6) is 0 Å². The molecule has 2 rings (SSSR count). The lowest BCUT2D eigenvalue weighted by atomic mass is 10.0. The Kier molecular flexibility index (Phi) is 35.6. The van der Waals surface area contributed by atoms with Gasteiger partial charge in [-0.3, -0.25) is 28.0 Å². The van der Waals surface area contributed by atoms with Crippen molar-refractivity contribution in [3.05, 3.63) is 47.1 Å². The molecule has 1 aliphatic heterocycles. The molecule has 7 atom stereocenters. The van der Waals surface area contributed by atoms with Gasteiger partial charge in [-0.1, -0.05) is 174 Å². The lowest BCUT2D eigenvalue weighted by molar-refractivity contribution is -0.161. The number of esters is 2. The average molecular weight is 1080 g/mol. The molecule has 0 bridgehead atoms. The fraction of sp³-hybridized carbons (Fsp3) is 0.788. The molecule has 0 aromatic carbocycles. The number of aromatic nitrogens is 2. The number of aliphatic hydroxyl groups is 2. The summed E-state index contributed by atoms with van der Waals surface area (Å²) >= 11 is 0. The fourth-order valence-electron chi connectivity index (χ4n) is 8.19. The van der Waals surface area contributed by atoms with Gasteiger partial charge >= 0.3 is 33.3 Å². The van der Waals surface area contributed by atoms with Gasteiger partial charge in [-0.05, 0) is 50.2 Å². The number of aliphatic hydroxyl groups excluding tert-OH is 2. The Morgan fingerprint density at radius 3 is 1.84 bits per heavy atom. The average Bonchev–Trinajstić information content (AvgIpc) is 3.61. The second-order valence-electron chi connectivity index (χ2n) is 19.6. The maximum absolute atomic E-state index is 12.9. The molecule has 73 heavy (non-hydrogen) atoms. The largest absolute Gasteiger partial charge is 0.481 e. The highest BCUT2D eigenvalue weighted by molar-refractivity contribution is 7.61. The summed E-state index contributed by atoms with van der Waals surface area (Å²) in [5, 5.41) is 20.9. The van der Waals surface area contributed by atoms with E-state index in [0.29, 0.717) is 19.3 Å². The molecule has 0 saturated carbocycles. The topological polar surface area (TPSA) is 283 Å². The first-order valence-electron chi connectivity index (χ1n) is 27.2. The van der Waals surface area contributed by atoms with Crippen molar-refractivity contribution in [2.75, 3.05) is 25.6 Å². The SMILES string of the molecule is CCCCCC(=O)/C=C/C=C\CCCCCCCC(=O)OC[C@H](COP(=O)(O)OP(=O)(O)OC[C@H]1O[C@@H](n2ccc(N)nc2=O)[C@H](O)[C@@H]1O)OC(=O)CCCCCCCCCCCCCCCCCCC(C)C. The monoisotopic (exact) mass is 1080 g/mol. The smallest absolute Gasteiger partial charge is 0.462 e. The first-order chi connectivity index (χ1) is 34.9. The molecule has 1 saturated heterocycles. The molecule has 6 N–H and O–H groups in total. The third-order valence-corrected chi connectivity index (χ3v) is 15.0. The number of phosphoric acid groups is 2. The van der Waals surface area contributed by atoms with Crippen LogP contribution in [0.2, 0.25) is 0 Å². The molecule has 0 spiro atoms. The summed E-state index contributed by atoms with van der Waals surface area (Å²) in [6, 6.07) is 1.24. The molecule has 19 nitrogen and oxygen atoms in total. The first-order valence-corrected chi connectivity index (χ1v) is 30.2. The van der Waals surface area contributed by atoms with Crippen LogP contribution < -0.4 is 11.4 Å². The van der Waals surface area contributed by atoms with Gasteiger partial charge in [-0.2, -0.15) is 9.29 Å². The molecule has 21 heteroatoms. The number of allylic oxidation sites excluding steroid dienone is 4. The summed E-state index contributed by atoms with van der Waals surface area (Å²) in [4.78, 5) is 73.8. The molecule has 1 fully saturated rings. The number of nitrogens with zero attached hydrogens (tertiary/aromatic N) is 2. The van der Waals surface area contributed by atoms with Crippen molar-refractivity contribution >= 4 is 39.2 Å². The zero-order chi connectivity index (χ0) is 53.7. The maximum atomic E-state index is 12.9. The standard InChI is InChI=1S/C52H91N3O16P2/c1-4-5-27-33-43(56)34-29-24-20-16-14-18-21-25-30-35-47(57)66-39-44(69-48(58)36-31-26-22-17-13-11-9-7-6-8-10-12-15-19-23-28-32-42(2)3)40-67-72(62,63)71-73(64,65)68-41-45-49(59)50(60)51(70-45)55-38-37-46(53)54-52(55)61/h20,24,29,34,37-38,42,44-45,49-51,59-60H,4-19,21-23,25-28,30-33,35-36,39-41H2,1-3H3,(H,62,63)(H,64,65)(H2,53,54,61)/b24-20-,34-29+/t44-,45-,49-,50-,51-/m1/s1. The van der Waals surface area contributed by atoms with Gasteiger partial charge in [-0.15, -0.1) is 0 Å². The van der Waals surface area contributed by atoms with E-state index in [4.69, 9.17) is 29.0 Å². The van der Waals surface area contributed by atoms with Crippen LogP contribution in [-0.2, 0) is 51.1 Å². The third kappa shape index (κ3) is 32.8. The van der Waals surface area contributed by atoms with E-state index in [2.05, 4.69) is 30.1 Å². The van der Waals surface area contributed by atoms with Gasteiger partial charge in [0.05, 0.1) is 13.2 Å². The number of nitrogens with two attached hydrogens (primary N) is 1. The van der Waals surface area contributed by atoms with Crippen LogP contribution in [0.25, 0.3) is 0 Å². The van der Waals surface area contributed by atoms with Gasteiger partial charge in [0.15, 0.2) is 18.1 Å². The quantitative estimate of drug-likeness (QED) is 0.0133. The van der Waals surface area contributed by atoms with Crippen molar-refractivity contribution in [3.63, 3.8) is 0 Å². The van der Waals surface area contributed by atoms with E-state index in [1.807, 2.05) is 12.2 Å². The number of unbranched alkanes of at least 4 members (excludes halogenated alkanes) is 22. The summed E-state index contributed by atoms with van der Waals surface area (Å²) in [5.74, 6) is -0.413. The number of hydrogen-bond donors (Lipinski definition) is 5. The number of hydrogen-bond acceptors (Lipinski definition) is 16. The minimum Gasteiger partial charge on any atom is -0.462 e. The van der Waals surface area contributed by atoms with E-state index in [1.54, 1.807) is 12.2 Å². The van der Waals surface area contributed by atoms with Crippen molar-refractivity contribution in [1.29, 1.82) is 0 Å². The second-order valence-corrected chi connectivity index (χ2v) is 22.6. The van der Waals surface area contributed by atoms with Crippen LogP contribution >= 0.6 is 15.6 Å². The number of rotatable bonds is 45. The van der Waals surface area contributed by atoms with Gasteiger partial charge in [0, 0.05) is 25.5 Å². The summed E-state index contributed by atoms with van der Waals surface area (Å²) in [7, 11) is -10.9. The minimum atomic E-state index is -5.44. The third-order valence-electron chi connectivity index (χ3n) is 12.4. The highest BCUT2D eigenvalue weighted by atomic mass is 31.3. The number of ether oxygens (including phenoxy) is 3. The summed E-state index contributed by atoms with van der Waals surface area (Å²) in [6.07, 6.45) is 29.5. The Hall–Kier alpha value is -3.09. The number of carbonyl (C=O) groups is 3. The van der Waals surface area contributed by atoms with E-state index < -0.39 is 83.7 Å². The molecule has 2 heterocycles. The van der Waals surface area contributed by atoms with E-state index in [0.717, 1.165) is 93.7 Å². The lowest BCUT2D eigenvalue weighted by Gasteiger charge is -2.21. The normalized spacial score (nSPS) is 19.1. The number of ketones is 1. The van der Waals surface area contributed by atoms with Crippen LogP contribution in [0.15, 0.2) is 41.4 Å². The van der Waals surface area contributed by atoms with Gasteiger partial charge in [0.2, 0.25) is 0 Å². The van der Waals surface area contributed by atoms with Gasteiger partial charge in [0.25, 0.3) is 0 Å². The molecule has 0 amide bonds. The van der Waals surface area contributed by atoms with E-state index in [-0.39, 0.29) is 24.4 Å². The number of carbonyl (C=O) groups excluding carboxylic acids is 3. The van der Waals surface area contributed by atoms with E-state index in [9.17, 15) is 48.3 Å². The summed E-state index contributed by atoms with van der Waals surface area (Å²) in [6.45, 7) is 4.32. The zero-order valence-electron chi connectivity index (χ0n) is 44.1. The van der Waals surface area contributed by atoms with Gasteiger partial charge in [0.1, 0.15) is 30.7 Å². The minimum absolute atomic E-state index is 0.0365. The highest BCUT2D eigenvalue weighted by Crippen LogP contribution is 2.60. The molecule has 1 aromatic rings. The van der Waals surface area contributed by atoms with Crippen LogP contribution in [0.3, 0.4) is 0 Å². The number of phosphoric ester groups is 2. The maximum Gasteiger partial charge on any atom is 0.481 e. The van der Waals surface area contributed by atoms with Crippen LogP contribution in [0.4, 0.5) is 5.82 Å². The zero-order valence-corrected chi connectivity index (χ0v) is 45.9. The molecular formula is C52H91N3O16P2. The Bertz CT molecular complexity index is 1900. The molecule has 0 aliphatic carbocycles. The number of nitrogen functional groups attached to an aromatic ring is 1. The van der Waals surface area contributed by atoms with Crippen LogP contribution in [0, 0.1) is 5.92 Å². The Morgan fingerprint density at radius 2 is 1.26 bits per heavy atom. The molecule has 2 unspecified atom stereocenters. The van der Waals surface area contributed by atoms with Gasteiger partial charge in [-0.25, -0.2) is 13.9 Å². The Morgan fingerprint density at radius 1 is 0.726 bits per heavy atom. The number of anilines is 1. The molecular weight excluding hydrogens is 985 g/mol. The summed E-state index contributed by atoms with van der Waals surface area (Å²) in [5.41, 5.74) is 4.59. The predicted molar refractivity (Wildman–Crippen MR) is 280 cm³/mol. The Balaban J connectivity index is 1.78. The second kappa shape index (κ2) is 39.3. The van der Waals surface area contributed by atoms with Gasteiger partial charge < -0.3 is 39.9 Å².